The predicted octanol–water partition coefficient (Wildman–Crippen LogP) is 1.34. The van der Waals surface area contributed by atoms with E-state index in [0.29, 0.717) is 11.1 Å². The SMILES string of the molecule is Cc1cc(S(=O)(=O)NC2N=C(c3ccccc3)c3ccccc3N(CC(=O)N[C@H](C=O)CC(=O)O)C2=O)ccc1C(=O)O. The van der Waals surface area contributed by atoms with Crippen molar-refractivity contribution in [3.63, 3.8) is 0 Å². The fraction of sp³-hybridized carbons (Fsp3) is 0.172. The zero-order valence-corrected chi connectivity index (χ0v) is 23.4. The van der Waals surface area contributed by atoms with Gasteiger partial charge in [0.15, 0.2) is 6.17 Å². The van der Waals surface area contributed by atoms with Gasteiger partial charge in [0.05, 0.1) is 34.3 Å². The van der Waals surface area contributed by atoms with Crippen LogP contribution in [0.3, 0.4) is 0 Å². The molecule has 2 atom stereocenters. The van der Waals surface area contributed by atoms with E-state index >= 15 is 0 Å². The zero-order valence-electron chi connectivity index (χ0n) is 22.6. The molecule has 0 saturated heterocycles. The molecule has 1 aliphatic rings. The lowest BCUT2D eigenvalue weighted by atomic mass is 10.0. The van der Waals surface area contributed by atoms with Crippen LogP contribution in [-0.4, -0.2) is 73.1 Å². The summed E-state index contributed by atoms with van der Waals surface area (Å²) < 4.78 is 29.2. The van der Waals surface area contributed by atoms with Crippen LogP contribution in [0.4, 0.5) is 5.69 Å². The van der Waals surface area contributed by atoms with Crippen LogP contribution in [-0.2, 0) is 29.2 Å². The summed E-state index contributed by atoms with van der Waals surface area (Å²) in [7, 11) is -4.46. The Morgan fingerprint density at radius 2 is 1.70 bits per heavy atom. The highest BCUT2D eigenvalue weighted by Crippen LogP contribution is 2.29. The van der Waals surface area contributed by atoms with Crippen LogP contribution >= 0.6 is 0 Å². The van der Waals surface area contributed by atoms with E-state index in [0.717, 1.165) is 23.1 Å². The number of fused-ring (bicyclic) bond motifs is 1. The van der Waals surface area contributed by atoms with E-state index in [1.165, 1.54) is 13.0 Å². The summed E-state index contributed by atoms with van der Waals surface area (Å²) >= 11 is 0. The maximum atomic E-state index is 13.9. The third kappa shape index (κ3) is 6.99. The first kappa shape index (κ1) is 30.7. The number of hydrogen-bond donors (Lipinski definition) is 4. The lowest BCUT2D eigenvalue weighted by Gasteiger charge is -2.25. The lowest BCUT2D eigenvalue weighted by molar-refractivity contribution is -0.138. The van der Waals surface area contributed by atoms with Crippen molar-refractivity contribution in [2.45, 2.75) is 30.4 Å². The van der Waals surface area contributed by atoms with Gasteiger partial charge in [0.25, 0.3) is 5.91 Å². The van der Waals surface area contributed by atoms with E-state index in [-0.39, 0.29) is 33.7 Å². The van der Waals surface area contributed by atoms with Crippen LogP contribution in [0, 0.1) is 6.92 Å². The molecule has 0 radical (unpaired) electrons. The van der Waals surface area contributed by atoms with E-state index < -0.39 is 58.9 Å². The normalized spacial score (nSPS) is 15.5. The number of anilines is 1. The van der Waals surface area contributed by atoms with Gasteiger partial charge in [-0.2, -0.15) is 4.72 Å². The van der Waals surface area contributed by atoms with Gasteiger partial charge in [-0.05, 0) is 36.8 Å². The molecule has 3 aromatic carbocycles. The topological polar surface area (TPSA) is 200 Å². The van der Waals surface area contributed by atoms with Crippen molar-refractivity contribution in [1.29, 1.82) is 0 Å². The molecule has 2 amide bonds. The quantitative estimate of drug-likeness (QED) is 0.233. The monoisotopic (exact) mass is 606 g/mol. The molecule has 1 unspecified atom stereocenters. The molecule has 0 spiro atoms. The molecule has 4 rings (SSSR count). The first-order valence-electron chi connectivity index (χ1n) is 12.8. The van der Waals surface area contributed by atoms with Crippen LogP contribution in [0.15, 0.2) is 82.7 Å². The molecule has 222 valence electrons. The molecule has 43 heavy (non-hydrogen) atoms. The number of nitrogens with zero attached hydrogens (tertiary/aromatic N) is 2. The summed E-state index contributed by atoms with van der Waals surface area (Å²) in [6.45, 7) is 0.737. The number of aromatic carboxylic acids is 1. The van der Waals surface area contributed by atoms with Gasteiger partial charge < -0.3 is 20.3 Å². The Morgan fingerprint density at radius 3 is 2.33 bits per heavy atom. The highest BCUT2D eigenvalue weighted by atomic mass is 32.2. The second-order valence-electron chi connectivity index (χ2n) is 9.50. The fourth-order valence-corrected chi connectivity index (χ4v) is 5.63. The minimum absolute atomic E-state index is 0.0990. The summed E-state index contributed by atoms with van der Waals surface area (Å²) in [6.07, 6.45) is -2.19. The maximum absolute atomic E-state index is 13.9. The average Bonchev–Trinajstić information content (AvgIpc) is 3.07. The van der Waals surface area contributed by atoms with Gasteiger partial charge in [-0.1, -0.05) is 48.5 Å². The number of carboxylic acids is 2. The van der Waals surface area contributed by atoms with Gasteiger partial charge in [0.2, 0.25) is 15.9 Å². The molecule has 0 fully saturated rings. The molecule has 13 nitrogen and oxygen atoms in total. The number of aryl methyl sites for hydroxylation is 1. The highest BCUT2D eigenvalue weighted by molar-refractivity contribution is 7.89. The second-order valence-corrected chi connectivity index (χ2v) is 11.2. The summed E-state index contributed by atoms with van der Waals surface area (Å²) in [5.74, 6) is -4.36. The van der Waals surface area contributed by atoms with Crippen LogP contribution in [0.1, 0.15) is 33.5 Å². The molecule has 1 heterocycles. The van der Waals surface area contributed by atoms with E-state index in [9.17, 15) is 37.5 Å². The van der Waals surface area contributed by atoms with Crippen molar-refractivity contribution in [1.82, 2.24) is 10.0 Å². The number of nitrogens with one attached hydrogen (secondary N) is 2. The largest absolute Gasteiger partial charge is 0.481 e. The smallest absolute Gasteiger partial charge is 0.335 e. The number of aliphatic carboxylic acids is 1. The van der Waals surface area contributed by atoms with Gasteiger partial charge in [0, 0.05) is 11.1 Å². The number of aliphatic imine (C=N–C) groups is 1. The van der Waals surface area contributed by atoms with Gasteiger partial charge in [-0.15, -0.1) is 0 Å². The molecule has 1 aliphatic heterocycles. The molecule has 14 heteroatoms. The number of para-hydroxylation sites is 1. The Balaban J connectivity index is 1.78. The Hall–Kier alpha value is -5.21. The highest BCUT2D eigenvalue weighted by Gasteiger charge is 2.36. The van der Waals surface area contributed by atoms with Crippen molar-refractivity contribution >= 4 is 51.5 Å². The summed E-state index contributed by atoms with van der Waals surface area (Å²) in [5.41, 5.74) is 1.48. The van der Waals surface area contributed by atoms with Crippen molar-refractivity contribution in [2.24, 2.45) is 4.99 Å². The lowest BCUT2D eigenvalue weighted by Crippen LogP contribution is -2.51. The van der Waals surface area contributed by atoms with Gasteiger partial charge in [-0.3, -0.25) is 24.3 Å². The number of carbonyl (C=O) groups is 5. The molecule has 0 bridgehead atoms. The number of aldehydes is 1. The van der Waals surface area contributed by atoms with Crippen molar-refractivity contribution in [3.8, 4) is 0 Å². The molecule has 3 aromatic rings. The zero-order chi connectivity index (χ0) is 31.3. The van der Waals surface area contributed by atoms with Crippen molar-refractivity contribution in [2.75, 3.05) is 11.4 Å². The number of sulfonamides is 1. The number of amides is 2. The Bertz CT molecular complexity index is 1740. The third-order valence-corrected chi connectivity index (χ3v) is 7.88. The number of rotatable bonds is 11. The molecular weight excluding hydrogens is 580 g/mol. The van der Waals surface area contributed by atoms with E-state index in [1.807, 2.05) is 0 Å². The number of carboxylic acid groups (broad SMARTS) is 2. The molecule has 0 aliphatic carbocycles. The second kappa shape index (κ2) is 12.8. The summed E-state index contributed by atoms with van der Waals surface area (Å²) in [6, 6.07) is 17.1. The van der Waals surface area contributed by atoms with Crippen LogP contribution in [0.2, 0.25) is 0 Å². The fourth-order valence-electron chi connectivity index (χ4n) is 4.47. The van der Waals surface area contributed by atoms with Crippen LogP contribution < -0.4 is 14.9 Å². The average molecular weight is 607 g/mol. The third-order valence-electron chi connectivity index (χ3n) is 6.47. The Kier molecular flexibility index (Phi) is 9.12. The van der Waals surface area contributed by atoms with E-state index in [1.54, 1.807) is 48.5 Å². The minimum atomic E-state index is -4.46. The number of carbonyl (C=O) groups excluding carboxylic acids is 3. The number of hydrogen-bond acceptors (Lipinski definition) is 8. The first-order valence-corrected chi connectivity index (χ1v) is 14.3. The number of benzodiazepines with no additional fused rings is 1. The number of benzene rings is 3. The van der Waals surface area contributed by atoms with Gasteiger partial charge >= 0.3 is 11.9 Å². The molecule has 4 N–H and O–H groups in total. The summed E-state index contributed by atoms with van der Waals surface area (Å²) in [5, 5.41) is 20.6. The summed E-state index contributed by atoms with van der Waals surface area (Å²) in [4.78, 5) is 65.9. The van der Waals surface area contributed by atoms with Crippen LogP contribution in [0.5, 0.6) is 0 Å². The predicted molar refractivity (Wildman–Crippen MR) is 153 cm³/mol. The van der Waals surface area contributed by atoms with Gasteiger partial charge in [-0.25, -0.2) is 13.2 Å². The Morgan fingerprint density at radius 1 is 1.02 bits per heavy atom. The van der Waals surface area contributed by atoms with Gasteiger partial charge in [0.1, 0.15) is 12.8 Å². The maximum Gasteiger partial charge on any atom is 0.335 e. The van der Waals surface area contributed by atoms with E-state index in [4.69, 9.17) is 5.11 Å². The first-order chi connectivity index (χ1) is 20.4. The van der Waals surface area contributed by atoms with Crippen molar-refractivity contribution < 1.29 is 42.6 Å². The molecular formula is C29H26N4O9S. The van der Waals surface area contributed by atoms with E-state index in [2.05, 4.69) is 15.0 Å². The Labute approximate surface area is 245 Å². The molecule has 0 aromatic heterocycles. The molecule has 0 saturated carbocycles. The van der Waals surface area contributed by atoms with Crippen LogP contribution in [0.25, 0.3) is 0 Å². The minimum Gasteiger partial charge on any atom is -0.481 e. The van der Waals surface area contributed by atoms with Crippen molar-refractivity contribution in [3.05, 3.63) is 95.1 Å². The standard InChI is InChI=1S/C29H26N4O9S/c1-17-13-20(11-12-21(17)29(39)40)43(41,42)32-27-28(38)33(15-24(35)30-19(16-34)14-25(36)37)23-10-6-5-9-22(23)26(31-27)18-7-3-2-4-8-18/h2-13,16,19,27,32H,14-15H2,1H3,(H,30,35)(H,36,37)(H,39,40)/t19-,27?/m0/s1.